The maximum atomic E-state index is 4.83. The van der Waals surface area contributed by atoms with E-state index >= 15 is 0 Å². The molecule has 3 rings (SSSR count). The van der Waals surface area contributed by atoms with Gasteiger partial charge in [-0.2, -0.15) is 0 Å². The van der Waals surface area contributed by atoms with Gasteiger partial charge in [0.25, 0.3) is 0 Å². The SMILES string of the molecule is CNc1cc(C2CCCC2)nc(C2CCC2)n1. The van der Waals surface area contributed by atoms with Gasteiger partial charge in [0.1, 0.15) is 11.6 Å². The topological polar surface area (TPSA) is 37.8 Å². The third-order valence-corrected chi connectivity index (χ3v) is 4.26. The molecule has 17 heavy (non-hydrogen) atoms. The number of nitrogens with zero attached hydrogens (tertiary/aromatic N) is 2. The average molecular weight is 231 g/mol. The molecule has 0 amide bonds. The highest BCUT2D eigenvalue weighted by molar-refractivity contribution is 5.37. The van der Waals surface area contributed by atoms with Crippen molar-refractivity contribution in [2.45, 2.75) is 56.8 Å². The van der Waals surface area contributed by atoms with Crippen molar-refractivity contribution in [1.29, 1.82) is 0 Å². The first-order valence-corrected chi connectivity index (χ1v) is 6.93. The monoisotopic (exact) mass is 231 g/mol. The Morgan fingerprint density at radius 2 is 1.71 bits per heavy atom. The Kier molecular flexibility index (Phi) is 3.00. The molecular formula is C14H21N3. The van der Waals surface area contributed by atoms with Crippen molar-refractivity contribution in [3.05, 3.63) is 17.6 Å². The van der Waals surface area contributed by atoms with Crippen LogP contribution in [-0.4, -0.2) is 17.0 Å². The van der Waals surface area contributed by atoms with E-state index in [1.807, 2.05) is 7.05 Å². The predicted molar refractivity (Wildman–Crippen MR) is 69.4 cm³/mol. The molecule has 1 heterocycles. The molecule has 0 aromatic carbocycles. The number of hydrogen-bond donors (Lipinski definition) is 1. The highest BCUT2D eigenvalue weighted by atomic mass is 15.0. The summed E-state index contributed by atoms with van der Waals surface area (Å²) in [4.78, 5) is 9.46. The molecule has 0 radical (unpaired) electrons. The lowest BCUT2D eigenvalue weighted by Gasteiger charge is -2.25. The van der Waals surface area contributed by atoms with Crippen LogP contribution < -0.4 is 5.32 Å². The van der Waals surface area contributed by atoms with Crippen molar-refractivity contribution in [2.24, 2.45) is 0 Å². The Labute approximate surface area is 103 Å². The van der Waals surface area contributed by atoms with Crippen LogP contribution in [-0.2, 0) is 0 Å². The average Bonchev–Trinajstić information content (AvgIpc) is 2.79. The minimum Gasteiger partial charge on any atom is -0.373 e. The van der Waals surface area contributed by atoms with Crippen LogP contribution >= 0.6 is 0 Å². The molecule has 3 nitrogen and oxygen atoms in total. The molecule has 0 unspecified atom stereocenters. The first kappa shape index (κ1) is 11.0. The van der Waals surface area contributed by atoms with Gasteiger partial charge in [-0.15, -0.1) is 0 Å². The fourth-order valence-electron chi connectivity index (χ4n) is 2.89. The maximum Gasteiger partial charge on any atom is 0.134 e. The lowest BCUT2D eigenvalue weighted by atomic mass is 9.84. The van der Waals surface area contributed by atoms with Gasteiger partial charge in [-0.1, -0.05) is 19.3 Å². The Morgan fingerprint density at radius 1 is 1.00 bits per heavy atom. The summed E-state index contributed by atoms with van der Waals surface area (Å²) in [6, 6.07) is 2.15. The van der Waals surface area contributed by atoms with Gasteiger partial charge in [-0.3, -0.25) is 0 Å². The molecule has 0 atom stereocenters. The minimum atomic E-state index is 0.628. The van der Waals surface area contributed by atoms with E-state index in [1.54, 1.807) is 0 Å². The first-order chi connectivity index (χ1) is 8.36. The summed E-state index contributed by atoms with van der Waals surface area (Å²) in [5, 5.41) is 3.18. The minimum absolute atomic E-state index is 0.628. The van der Waals surface area contributed by atoms with Crippen molar-refractivity contribution < 1.29 is 0 Å². The summed E-state index contributed by atoms with van der Waals surface area (Å²) in [5.74, 6) is 3.40. The number of rotatable bonds is 3. The maximum absolute atomic E-state index is 4.83. The van der Waals surface area contributed by atoms with Crippen molar-refractivity contribution >= 4 is 5.82 Å². The Balaban J connectivity index is 1.90. The molecule has 0 aliphatic heterocycles. The summed E-state index contributed by atoms with van der Waals surface area (Å²) < 4.78 is 0. The van der Waals surface area contributed by atoms with Gasteiger partial charge in [-0.25, -0.2) is 9.97 Å². The quantitative estimate of drug-likeness (QED) is 0.866. The molecule has 3 heteroatoms. The van der Waals surface area contributed by atoms with Gasteiger partial charge in [0, 0.05) is 30.6 Å². The number of nitrogens with one attached hydrogen (secondary N) is 1. The molecule has 2 aliphatic rings. The van der Waals surface area contributed by atoms with E-state index in [4.69, 9.17) is 4.98 Å². The first-order valence-electron chi connectivity index (χ1n) is 6.93. The van der Waals surface area contributed by atoms with Gasteiger partial charge < -0.3 is 5.32 Å². The normalized spacial score (nSPS) is 21.5. The van der Waals surface area contributed by atoms with Crippen molar-refractivity contribution in [3.63, 3.8) is 0 Å². The van der Waals surface area contributed by atoms with Crippen LogP contribution in [0.4, 0.5) is 5.82 Å². The number of anilines is 1. The predicted octanol–water partition coefficient (Wildman–Crippen LogP) is 3.44. The molecule has 0 spiro atoms. The molecule has 2 saturated carbocycles. The van der Waals surface area contributed by atoms with Crippen molar-refractivity contribution in [1.82, 2.24) is 9.97 Å². The largest absolute Gasteiger partial charge is 0.373 e. The third kappa shape index (κ3) is 2.15. The van der Waals surface area contributed by atoms with Gasteiger partial charge >= 0.3 is 0 Å². The van der Waals surface area contributed by atoms with Crippen LogP contribution in [0.3, 0.4) is 0 Å². The summed E-state index contributed by atoms with van der Waals surface area (Å²) in [5.41, 5.74) is 1.28. The molecule has 0 bridgehead atoms. The molecule has 1 N–H and O–H groups in total. The second kappa shape index (κ2) is 4.63. The molecule has 1 aromatic heterocycles. The van der Waals surface area contributed by atoms with Gasteiger partial charge in [0.2, 0.25) is 0 Å². The smallest absolute Gasteiger partial charge is 0.134 e. The molecule has 2 aliphatic carbocycles. The van der Waals surface area contributed by atoms with Gasteiger partial charge in [0.15, 0.2) is 0 Å². The van der Waals surface area contributed by atoms with Crippen LogP contribution in [0.5, 0.6) is 0 Å². The Morgan fingerprint density at radius 3 is 2.29 bits per heavy atom. The fraction of sp³-hybridized carbons (Fsp3) is 0.714. The molecule has 1 aromatic rings. The van der Waals surface area contributed by atoms with Crippen LogP contribution in [0.2, 0.25) is 0 Å². The zero-order valence-electron chi connectivity index (χ0n) is 10.6. The molecule has 0 saturated heterocycles. The molecule has 92 valence electrons. The molecular weight excluding hydrogens is 210 g/mol. The van der Waals surface area contributed by atoms with E-state index in [9.17, 15) is 0 Å². The fourth-order valence-corrected chi connectivity index (χ4v) is 2.89. The Hall–Kier alpha value is -1.12. The van der Waals surface area contributed by atoms with Gasteiger partial charge in [-0.05, 0) is 25.7 Å². The highest BCUT2D eigenvalue weighted by Gasteiger charge is 2.25. The zero-order chi connectivity index (χ0) is 11.7. The second-order valence-corrected chi connectivity index (χ2v) is 5.40. The molecule has 2 fully saturated rings. The standard InChI is InChI=1S/C14H21N3/c1-15-13-9-12(10-5-2-3-6-10)16-14(17-13)11-7-4-8-11/h9-11H,2-8H2,1H3,(H,15,16,17). The van der Waals surface area contributed by atoms with Crippen molar-refractivity contribution in [2.75, 3.05) is 12.4 Å². The van der Waals surface area contributed by atoms with Crippen LogP contribution in [0.15, 0.2) is 6.07 Å². The summed E-state index contributed by atoms with van der Waals surface area (Å²) >= 11 is 0. The lowest BCUT2D eigenvalue weighted by molar-refractivity contribution is 0.399. The van der Waals surface area contributed by atoms with E-state index < -0.39 is 0 Å². The van der Waals surface area contributed by atoms with Gasteiger partial charge in [0.05, 0.1) is 0 Å². The van der Waals surface area contributed by atoms with Crippen LogP contribution in [0.1, 0.15) is 68.3 Å². The second-order valence-electron chi connectivity index (χ2n) is 5.40. The van der Waals surface area contributed by atoms with E-state index in [1.165, 1.54) is 50.6 Å². The van der Waals surface area contributed by atoms with E-state index in [-0.39, 0.29) is 0 Å². The van der Waals surface area contributed by atoms with E-state index in [2.05, 4.69) is 16.4 Å². The van der Waals surface area contributed by atoms with Crippen molar-refractivity contribution in [3.8, 4) is 0 Å². The van der Waals surface area contributed by atoms with Crippen LogP contribution in [0, 0.1) is 0 Å². The zero-order valence-corrected chi connectivity index (χ0v) is 10.6. The summed E-state index contributed by atoms with van der Waals surface area (Å²) in [7, 11) is 1.95. The summed E-state index contributed by atoms with van der Waals surface area (Å²) in [6.07, 6.45) is 9.24. The summed E-state index contributed by atoms with van der Waals surface area (Å²) in [6.45, 7) is 0. The van der Waals surface area contributed by atoms with E-state index in [0.29, 0.717) is 11.8 Å². The number of aromatic nitrogens is 2. The number of hydrogen-bond acceptors (Lipinski definition) is 3. The van der Waals surface area contributed by atoms with Crippen LogP contribution in [0.25, 0.3) is 0 Å². The highest BCUT2D eigenvalue weighted by Crippen LogP contribution is 2.38. The lowest BCUT2D eigenvalue weighted by Crippen LogP contribution is -2.15. The van der Waals surface area contributed by atoms with E-state index in [0.717, 1.165) is 11.6 Å². The third-order valence-electron chi connectivity index (χ3n) is 4.26. The Bertz CT molecular complexity index is 392.